The van der Waals surface area contributed by atoms with Crippen LogP contribution in [0, 0.1) is 0 Å². The molecule has 1 heterocycles. The summed E-state index contributed by atoms with van der Waals surface area (Å²) in [4.78, 5) is 11.1. The Kier molecular flexibility index (Phi) is 1.96. The van der Waals surface area contributed by atoms with Crippen molar-refractivity contribution in [1.29, 1.82) is 0 Å². The molecule has 1 aromatic heterocycles. The number of Topliss-reactive ketones (excluding diaryl/α,β-unsaturated/α-hetero) is 1. The van der Waals surface area contributed by atoms with Crippen LogP contribution < -0.4 is 4.74 Å². The van der Waals surface area contributed by atoms with E-state index in [0.29, 0.717) is 16.7 Å². The van der Waals surface area contributed by atoms with Crippen molar-refractivity contribution in [3.63, 3.8) is 0 Å². The number of ketones is 1. The van der Waals surface area contributed by atoms with Crippen LogP contribution in [0.3, 0.4) is 0 Å². The Bertz CT molecular complexity index is 487. The minimum Gasteiger partial charge on any atom is -0.497 e. The first-order chi connectivity index (χ1) is 6.72. The number of carbonyl (C=O) groups is 1. The van der Waals surface area contributed by atoms with Gasteiger partial charge < -0.3 is 9.26 Å². The lowest BCUT2D eigenvalue weighted by atomic mass is 10.2. The van der Waals surface area contributed by atoms with Crippen LogP contribution >= 0.6 is 0 Å². The van der Waals surface area contributed by atoms with Crippen molar-refractivity contribution in [1.82, 2.24) is 5.16 Å². The van der Waals surface area contributed by atoms with Gasteiger partial charge in [0.25, 0.3) is 0 Å². The molecular weight excluding hydrogens is 182 g/mol. The average Bonchev–Trinajstić information content (AvgIpc) is 2.59. The summed E-state index contributed by atoms with van der Waals surface area (Å²) in [5, 5.41) is 4.46. The molecule has 0 amide bonds. The second kappa shape index (κ2) is 3.14. The lowest BCUT2D eigenvalue weighted by Crippen LogP contribution is -1.89. The summed E-state index contributed by atoms with van der Waals surface area (Å²) < 4.78 is 9.97. The van der Waals surface area contributed by atoms with Crippen molar-refractivity contribution in [2.45, 2.75) is 6.92 Å². The van der Waals surface area contributed by atoms with Gasteiger partial charge in [-0.15, -0.1) is 0 Å². The van der Waals surface area contributed by atoms with Gasteiger partial charge in [-0.3, -0.25) is 4.79 Å². The first-order valence-corrected chi connectivity index (χ1v) is 4.16. The van der Waals surface area contributed by atoms with Gasteiger partial charge in [-0.1, -0.05) is 5.16 Å². The van der Waals surface area contributed by atoms with Gasteiger partial charge in [0.1, 0.15) is 11.3 Å². The number of aromatic nitrogens is 1. The van der Waals surface area contributed by atoms with Gasteiger partial charge in [0.2, 0.25) is 5.76 Å². The van der Waals surface area contributed by atoms with E-state index in [1.165, 1.54) is 6.92 Å². The third kappa shape index (κ3) is 1.25. The van der Waals surface area contributed by atoms with Gasteiger partial charge in [-0.25, -0.2) is 0 Å². The third-order valence-electron chi connectivity index (χ3n) is 2.00. The maximum Gasteiger partial charge on any atom is 0.210 e. The van der Waals surface area contributed by atoms with E-state index < -0.39 is 0 Å². The first kappa shape index (κ1) is 8.74. The SMILES string of the molecule is COc1ccc2noc(C(C)=O)c2c1. The Balaban J connectivity index is 2.69. The molecule has 0 radical (unpaired) electrons. The molecule has 2 aromatic rings. The van der Waals surface area contributed by atoms with Gasteiger partial charge in [-0.05, 0) is 18.2 Å². The molecule has 0 atom stereocenters. The first-order valence-electron chi connectivity index (χ1n) is 4.16. The van der Waals surface area contributed by atoms with E-state index >= 15 is 0 Å². The monoisotopic (exact) mass is 191 g/mol. The highest BCUT2D eigenvalue weighted by Crippen LogP contribution is 2.23. The second-order valence-electron chi connectivity index (χ2n) is 2.95. The Hall–Kier alpha value is -1.84. The number of benzene rings is 1. The number of nitrogens with zero attached hydrogens (tertiary/aromatic N) is 1. The molecule has 0 spiro atoms. The maximum absolute atomic E-state index is 11.1. The lowest BCUT2D eigenvalue weighted by Gasteiger charge is -1.97. The summed E-state index contributed by atoms with van der Waals surface area (Å²) in [6, 6.07) is 5.27. The minimum absolute atomic E-state index is 0.138. The quantitative estimate of drug-likeness (QED) is 0.681. The third-order valence-corrected chi connectivity index (χ3v) is 2.00. The molecule has 14 heavy (non-hydrogen) atoms. The molecule has 4 nitrogen and oxygen atoms in total. The van der Waals surface area contributed by atoms with Crippen LogP contribution in [-0.4, -0.2) is 18.0 Å². The summed E-state index contributed by atoms with van der Waals surface area (Å²) in [6.07, 6.45) is 0. The Labute approximate surface area is 80.4 Å². The molecule has 0 saturated carbocycles. The van der Waals surface area contributed by atoms with E-state index in [1.54, 1.807) is 25.3 Å². The van der Waals surface area contributed by atoms with Crippen LogP contribution in [0.15, 0.2) is 22.7 Å². The zero-order chi connectivity index (χ0) is 10.1. The number of carbonyl (C=O) groups excluding carboxylic acids is 1. The Morgan fingerprint density at radius 2 is 2.29 bits per heavy atom. The molecule has 0 aliphatic carbocycles. The lowest BCUT2D eigenvalue weighted by molar-refractivity contribution is 0.0981. The zero-order valence-electron chi connectivity index (χ0n) is 7.90. The summed E-state index contributed by atoms with van der Waals surface area (Å²) in [5.74, 6) is 0.822. The summed E-state index contributed by atoms with van der Waals surface area (Å²) >= 11 is 0. The highest BCUT2D eigenvalue weighted by atomic mass is 16.5. The summed E-state index contributed by atoms with van der Waals surface area (Å²) in [6.45, 7) is 1.44. The zero-order valence-corrected chi connectivity index (χ0v) is 7.90. The van der Waals surface area contributed by atoms with Crippen LogP contribution in [0.5, 0.6) is 5.75 Å². The number of methoxy groups -OCH3 is 1. The number of rotatable bonds is 2. The number of fused-ring (bicyclic) bond motifs is 1. The van der Waals surface area contributed by atoms with Crippen LogP contribution in [0.1, 0.15) is 17.5 Å². The molecule has 0 unspecified atom stereocenters. The van der Waals surface area contributed by atoms with Crippen molar-refractivity contribution < 1.29 is 14.1 Å². The van der Waals surface area contributed by atoms with E-state index in [1.807, 2.05) is 0 Å². The molecule has 0 saturated heterocycles. The van der Waals surface area contributed by atoms with Gasteiger partial charge >= 0.3 is 0 Å². The van der Waals surface area contributed by atoms with Crippen LogP contribution in [0.2, 0.25) is 0 Å². The van der Waals surface area contributed by atoms with Crippen molar-refractivity contribution in [3.8, 4) is 5.75 Å². The van der Waals surface area contributed by atoms with E-state index in [4.69, 9.17) is 9.26 Å². The second-order valence-corrected chi connectivity index (χ2v) is 2.95. The van der Waals surface area contributed by atoms with Gasteiger partial charge in [-0.2, -0.15) is 0 Å². The van der Waals surface area contributed by atoms with Crippen molar-refractivity contribution >= 4 is 16.7 Å². The van der Waals surface area contributed by atoms with Gasteiger partial charge in [0.05, 0.1) is 12.5 Å². The Morgan fingerprint density at radius 3 is 2.93 bits per heavy atom. The predicted molar refractivity (Wildman–Crippen MR) is 50.6 cm³/mol. The molecule has 0 fully saturated rings. The minimum atomic E-state index is -0.138. The van der Waals surface area contributed by atoms with E-state index in [2.05, 4.69) is 5.16 Å². The summed E-state index contributed by atoms with van der Waals surface area (Å²) in [5.41, 5.74) is 0.663. The molecular formula is C10H9NO3. The Morgan fingerprint density at radius 1 is 1.50 bits per heavy atom. The number of hydrogen-bond donors (Lipinski definition) is 0. The van der Waals surface area contributed by atoms with Gasteiger partial charge in [0.15, 0.2) is 5.78 Å². The van der Waals surface area contributed by atoms with Crippen LogP contribution in [0.4, 0.5) is 0 Å². The molecule has 0 N–H and O–H groups in total. The van der Waals surface area contributed by atoms with E-state index in [9.17, 15) is 4.79 Å². The van der Waals surface area contributed by atoms with Crippen molar-refractivity contribution in [2.75, 3.05) is 7.11 Å². The molecule has 4 heteroatoms. The van der Waals surface area contributed by atoms with Crippen LogP contribution in [-0.2, 0) is 0 Å². The smallest absolute Gasteiger partial charge is 0.210 e. The highest BCUT2D eigenvalue weighted by molar-refractivity contribution is 6.03. The van der Waals surface area contributed by atoms with Crippen LogP contribution in [0.25, 0.3) is 10.9 Å². The largest absolute Gasteiger partial charge is 0.497 e. The van der Waals surface area contributed by atoms with E-state index in [-0.39, 0.29) is 11.5 Å². The number of hydrogen-bond acceptors (Lipinski definition) is 4. The molecule has 0 aliphatic heterocycles. The molecule has 2 rings (SSSR count). The average molecular weight is 191 g/mol. The normalized spacial score (nSPS) is 10.4. The predicted octanol–water partition coefficient (Wildman–Crippen LogP) is 2.04. The summed E-state index contributed by atoms with van der Waals surface area (Å²) in [7, 11) is 1.57. The standard InChI is InChI=1S/C10H9NO3/c1-6(12)10-8-5-7(13-2)3-4-9(8)11-14-10/h3-5H,1-2H3. The fourth-order valence-electron chi connectivity index (χ4n) is 1.30. The highest BCUT2D eigenvalue weighted by Gasteiger charge is 2.12. The maximum atomic E-state index is 11.1. The fraction of sp³-hybridized carbons (Fsp3) is 0.200. The molecule has 0 aliphatic rings. The van der Waals surface area contributed by atoms with Gasteiger partial charge in [0, 0.05) is 6.92 Å². The molecule has 1 aromatic carbocycles. The number of ether oxygens (including phenoxy) is 1. The molecule has 0 bridgehead atoms. The van der Waals surface area contributed by atoms with E-state index in [0.717, 1.165) is 0 Å². The van der Waals surface area contributed by atoms with Crippen molar-refractivity contribution in [2.24, 2.45) is 0 Å². The fourth-order valence-corrected chi connectivity index (χ4v) is 1.30. The topological polar surface area (TPSA) is 52.3 Å². The van der Waals surface area contributed by atoms with Crippen molar-refractivity contribution in [3.05, 3.63) is 24.0 Å². The molecule has 72 valence electrons.